The molecule has 0 saturated heterocycles. The van der Waals surface area contributed by atoms with E-state index < -0.39 is 0 Å². The summed E-state index contributed by atoms with van der Waals surface area (Å²) >= 11 is 0. The smallest absolute Gasteiger partial charge is 0.326 e. The van der Waals surface area contributed by atoms with Gasteiger partial charge in [0.15, 0.2) is 11.0 Å². The largest absolute Gasteiger partial charge is 0.497 e. The van der Waals surface area contributed by atoms with Crippen LogP contribution in [0.1, 0.15) is 5.56 Å². The molecule has 3 aromatic carbocycles. The van der Waals surface area contributed by atoms with Crippen LogP contribution in [0, 0.1) is 0 Å². The van der Waals surface area contributed by atoms with Gasteiger partial charge >= 0.3 is 5.82 Å². The maximum absolute atomic E-state index is 6.26. The predicted octanol–water partition coefficient (Wildman–Crippen LogP) is 4.94. The van der Waals surface area contributed by atoms with Crippen LogP contribution in [0.15, 0.2) is 83.3 Å². The first-order valence-electron chi connectivity index (χ1n) is 9.34. The van der Waals surface area contributed by atoms with Gasteiger partial charge in [0.25, 0.3) is 0 Å². The van der Waals surface area contributed by atoms with Crippen molar-refractivity contribution >= 4 is 22.0 Å². The molecule has 0 radical (unpaired) electrons. The predicted molar refractivity (Wildman–Crippen MR) is 110 cm³/mol. The molecule has 0 aliphatic heterocycles. The second kappa shape index (κ2) is 6.57. The first-order chi connectivity index (χ1) is 13.7. The second-order valence-electron chi connectivity index (χ2n) is 6.96. The Bertz CT molecular complexity index is 1280. The van der Waals surface area contributed by atoms with Gasteiger partial charge in [-0.05, 0) is 29.8 Å². The Morgan fingerprint density at radius 3 is 2.54 bits per heavy atom. The van der Waals surface area contributed by atoms with Gasteiger partial charge in [0, 0.05) is 17.5 Å². The maximum Gasteiger partial charge on any atom is 0.326 e. The number of furan rings is 1. The van der Waals surface area contributed by atoms with Crippen LogP contribution in [0.4, 0.5) is 0 Å². The summed E-state index contributed by atoms with van der Waals surface area (Å²) in [5, 5.41) is 1.06. The molecular formula is C24H21N2O2+. The SMILES string of the molecule is COc1ccc2cc(-c3n(C)c4ccccc4[n+]3Cc3ccccc3)oc2c1. The zero-order valence-corrected chi connectivity index (χ0v) is 15.9. The highest BCUT2D eigenvalue weighted by Crippen LogP contribution is 2.30. The number of imidazole rings is 1. The van der Waals surface area contributed by atoms with Crippen LogP contribution in [0.3, 0.4) is 0 Å². The summed E-state index contributed by atoms with van der Waals surface area (Å²) in [6, 6.07) is 27.0. The average molecular weight is 369 g/mol. The minimum Gasteiger partial charge on any atom is -0.497 e. The Labute approximate surface area is 163 Å². The van der Waals surface area contributed by atoms with Crippen molar-refractivity contribution in [2.24, 2.45) is 7.05 Å². The molecule has 0 spiro atoms. The molecule has 2 heterocycles. The molecule has 0 amide bonds. The molecule has 2 aromatic heterocycles. The van der Waals surface area contributed by atoms with Crippen LogP contribution in [-0.2, 0) is 13.6 Å². The van der Waals surface area contributed by atoms with Gasteiger partial charge in [-0.2, -0.15) is 0 Å². The molecule has 0 unspecified atom stereocenters. The summed E-state index contributed by atoms with van der Waals surface area (Å²) in [4.78, 5) is 0. The lowest BCUT2D eigenvalue weighted by atomic mass is 10.2. The Kier molecular flexibility index (Phi) is 3.90. The first-order valence-corrected chi connectivity index (χ1v) is 9.34. The Morgan fingerprint density at radius 1 is 0.929 bits per heavy atom. The number of hydrogen-bond donors (Lipinski definition) is 0. The van der Waals surface area contributed by atoms with E-state index in [9.17, 15) is 0 Å². The molecule has 0 N–H and O–H groups in total. The molecular weight excluding hydrogens is 348 g/mol. The van der Waals surface area contributed by atoms with E-state index in [1.807, 2.05) is 24.3 Å². The van der Waals surface area contributed by atoms with Crippen LogP contribution in [0.2, 0.25) is 0 Å². The fourth-order valence-corrected chi connectivity index (χ4v) is 3.86. The molecule has 0 aliphatic carbocycles. The van der Waals surface area contributed by atoms with Crippen LogP contribution >= 0.6 is 0 Å². The number of methoxy groups -OCH3 is 1. The third kappa shape index (κ3) is 2.65. The van der Waals surface area contributed by atoms with Crippen molar-refractivity contribution in [3.63, 3.8) is 0 Å². The third-order valence-electron chi connectivity index (χ3n) is 5.24. The van der Waals surface area contributed by atoms with Gasteiger partial charge < -0.3 is 9.15 Å². The monoisotopic (exact) mass is 369 g/mol. The summed E-state index contributed by atoms with van der Waals surface area (Å²) in [7, 11) is 3.76. The standard InChI is InChI=1S/C24H21N2O2/c1-25-20-10-6-7-11-21(20)26(16-17-8-4-3-5-9-17)24(25)23-14-18-12-13-19(27-2)15-22(18)28-23/h3-15H,16H2,1-2H3/q+1. The van der Waals surface area contributed by atoms with Crippen molar-refractivity contribution in [3.05, 3.63) is 84.4 Å². The molecule has 0 aliphatic rings. The molecule has 4 heteroatoms. The van der Waals surface area contributed by atoms with Crippen molar-refractivity contribution in [3.8, 4) is 17.3 Å². The number of fused-ring (bicyclic) bond motifs is 2. The number of aryl methyl sites for hydroxylation is 1. The summed E-state index contributed by atoms with van der Waals surface area (Å²) < 4.78 is 16.1. The van der Waals surface area contributed by atoms with Gasteiger partial charge in [0.1, 0.15) is 17.9 Å². The molecule has 28 heavy (non-hydrogen) atoms. The zero-order chi connectivity index (χ0) is 19.1. The molecule has 138 valence electrons. The number of aromatic nitrogens is 2. The van der Waals surface area contributed by atoms with Gasteiger partial charge in [-0.25, -0.2) is 9.13 Å². The molecule has 0 fully saturated rings. The Morgan fingerprint density at radius 2 is 1.71 bits per heavy atom. The van der Waals surface area contributed by atoms with Crippen molar-refractivity contribution < 1.29 is 13.7 Å². The lowest BCUT2D eigenvalue weighted by molar-refractivity contribution is -0.652. The zero-order valence-electron chi connectivity index (χ0n) is 15.9. The summed E-state index contributed by atoms with van der Waals surface area (Å²) in [6.07, 6.45) is 0. The van der Waals surface area contributed by atoms with E-state index in [4.69, 9.17) is 9.15 Å². The van der Waals surface area contributed by atoms with Crippen molar-refractivity contribution in [2.45, 2.75) is 6.54 Å². The van der Waals surface area contributed by atoms with E-state index in [2.05, 4.69) is 70.8 Å². The topological polar surface area (TPSA) is 31.2 Å². The molecule has 5 rings (SSSR count). The summed E-state index contributed by atoms with van der Waals surface area (Å²) in [5.74, 6) is 2.68. The second-order valence-corrected chi connectivity index (χ2v) is 6.96. The van der Waals surface area contributed by atoms with E-state index in [0.717, 1.165) is 34.8 Å². The number of rotatable bonds is 4. The lowest BCUT2D eigenvalue weighted by Gasteiger charge is -2.02. The molecule has 5 aromatic rings. The van der Waals surface area contributed by atoms with Crippen molar-refractivity contribution in [1.29, 1.82) is 0 Å². The Hall–Kier alpha value is -3.53. The average Bonchev–Trinajstić information content (AvgIpc) is 3.27. The highest BCUT2D eigenvalue weighted by molar-refractivity contribution is 5.84. The van der Waals surface area contributed by atoms with E-state index in [0.29, 0.717) is 0 Å². The maximum atomic E-state index is 6.26. The third-order valence-corrected chi connectivity index (χ3v) is 5.24. The minimum atomic E-state index is 0.776. The summed E-state index contributed by atoms with van der Waals surface area (Å²) in [6.45, 7) is 0.776. The fraction of sp³-hybridized carbons (Fsp3) is 0.125. The quantitative estimate of drug-likeness (QED) is 0.420. The number of benzene rings is 3. The van der Waals surface area contributed by atoms with Crippen molar-refractivity contribution in [1.82, 2.24) is 4.57 Å². The highest BCUT2D eigenvalue weighted by atomic mass is 16.5. The van der Waals surface area contributed by atoms with E-state index >= 15 is 0 Å². The normalized spacial score (nSPS) is 11.4. The van der Waals surface area contributed by atoms with Crippen LogP contribution < -0.4 is 9.30 Å². The van der Waals surface area contributed by atoms with Gasteiger partial charge in [0.2, 0.25) is 5.76 Å². The van der Waals surface area contributed by atoms with Gasteiger partial charge in [0.05, 0.1) is 14.2 Å². The molecule has 4 nitrogen and oxygen atoms in total. The van der Waals surface area contributed by atoms with E-state index in [1.54, 1.807) is 7.11 Å². The van der Waals surface area contributed by atoms with Gasteiger partial charge in [-0.1, -0.05) is 42.5 Å². The van der Waals surface area contributed by atoms with Gasteiger partial charge in [-0.3, -0.25) is 0 Å². The molecule has 0 bridgehead atoms. The van der Waals surface area contributed by atoms with E-state index in [1.165, 1.54) is 16.6 Å². The fourth-order valence-electron chi connectivity index (χ4n) is 3.86. The summed E-state index contributed by atoms with van der Waals surface area (Å²) in [5.41, 5.74) is 4.43. The number of hydrogen-bond acceptors (Lipinski definition) is 2. The van der Waals surface area contributed by atoms with Crippen molar-refractivity contribution in [2.75, 3.05) is 7.11 Å². The number of ether oxygens (including phenoxy) is 1. The van der Waals surface area contributed by atoms with Crippen LogP contribution in [0.5, 0.6) is 5.75 Å². The highest BCUT2D eigenvalue weighted by Gasteiger charge is 2.27. The molecule has 0 atom stereocenters. The number of nitrogens with zero attached hydrogens (tertiary/aromatic N) is 2. The Balaban J connectivity index is 1.74. The number of para-hydroxylation sites is 2. The van der Waals surface area contributed by atoms with Crippen LogP contribution in [0.25, 0.3) is 33.6 Å². The van der Waals surface area contributed by atoms with E-state index in [-0.39, 0.29) is 0 Å². The first kappa shape index (κ1) is 16.6. The minimum absolute atomic E-state index is 0.776. The van der Waals surface area contributed by atoms with Crippen LogP contribution in [-0.4, -0.2) is 11.7 Å². The van der Waals surface area contributed by atoms with Gasteiger partial charge in [-0.15, -0.1) is 0 Å². The molecule has 0 saturated carbocycles. The lowest BCUT2D eigenvalue weighted by Crippen LogP contribution is -2.36.